The van der Waals surface area contributed by atoms with Crippen molar-refractivity contribution in [1.82, 2.24) is 20.1 Å². The molecule has 132 valence electrons. The number of carbonyl (C=O) groups is 1. The minimum Gasteiger partial charge on any atom is -0.419 e. The standard InChI is InChI=1S/C18H22N4O3/c1-12(2)17-20-21-18(25-17)15-10-13-6-4-5-7-14(13)22(15)11-16(23)19-8-9-24-3/h4-7,10,12H,8-9,11H2,1-3H3,(H,19,23). The van der Waals surface area contributed by atoms with Crippen LogP contribution in [0, 0.1) is 0 Å². The number of hydrogen-bond acceptors (Lipinski definition) is 5. The molecule has 1 aromatic carbocycles. The maximum atomic E-state index is 12.3. The highest BCUT2D eigenvalue weighted by molar-refractivity contribution is 5.88. The van der Waals surface area contributed by atoms with E-state index in [-0.39, 0.29) is 18.4 Å². The number of benzene rings is 1. The normalized spacial score (nSPS) is 11.4. The zero-order chi connectivity index (χ0) is 17.8. The first-order valence-electron chi connectivity index (χ1n) is 8.28. The molecule has 2 heterocycles. The summed E-state index contributed by atoms with van der Waals surface area (Å²) in [5.74, 6) is 1.06. The highest BCUT2D eigenvalue weighted by Gasteiger charge is 2.19. The number of fused-ring (bicyclic) bond motifs is 1. The van der Waals surface area contributed by atoms with Crippen molar-refractivity contribution in [3.8, 4) is 11.6 Å². The van der Waals surface area contributed by atoms with Crippen molar-refractivity contribution < 1.29 is 13.9 Å². The second-order valence-corrected chi connectivity index (χ2v) is 6.12. The van der Waals surface area contributed by atoms with Gasteiger partial charge in [-0.25, -0.2) is 0 Å². The zero-order valence-electron chi connectivity index (χ0n) is 14.7. The molecule has 0 atom stereocenters. The van der Waals surface area contributed by atoms with Crippen LogP contribution in [-0.2, 0) is 16.1 Å². The average Bonchev–Trinajstić information content (AvgIpc) is 3.20. The molecule has 0 fully saturated rings. The van der Waals surface area contributed by atoms with Crippen LogP contribution < -0.4 is 5.32 Å². The van der Waals surface area contributed by atoms with Gasteiger partial charge in [0.15, 0.2) is 0 Å². The number of carbonyl (C=O) groups excluding carboxylic acids is 1. The van der Waals surface area contributed by atoms with Gasteiger partial charge in [-0.3, -0.25) is 4.79 Å². The Morgan fingerprint density at radius 2 is 2.12 bits per heavy atom. The fourth-order valence-corrected chi connectivity index (χ4v) is 2.62. The number of aromatic nitrogens is 3. The lowest BCUT2D eigenvalue weighted by Gasteiger charge is -2.09. The lowest BCUT2D eigenvalue weighted by atomic mass is 10.2. The summed E-state index contributed by atoms with van der Waals surface area (Å²) in [5, 5.41) is 12.1. The molecule has 0 bridgehead atoms. The zero-order valence-corrected chi connectivity index (χ0v) is 14.7. The lowest BCUT2D eigenvalue weighted by molar-refractivity contribution is -0.121. The van der Waals surface area contributed by atoms with E-state index in [2.05, 4.69) is 15.5 Å². The van der Waals surface area contributed by atoms with Crippen molar-refractivity contribution >= 4 is 16.8 Å². The smallest absolute Gasteiger partial charge is 0.264 e. The van der Waals surface area contributed by atoms with Crippen LogP contribution in [0.2, 0.25) is 0 Å². The Labute approximate surface area is 146 Å². The van der Waals surface area contributed by atoms with Crippen LogP contribution in [-0.4, -0.2) is 40.9 Å². The Balaban J connectivity index is 1.95. The summed E-state index contributed by atoms with van der Waals surface area (Å²) in [5.41, 5.74) is 1.69. The summed E-state index contributed by atoms with van der Waals surface area (Å²) in [4.78, 5) is 12.3. The van der Waals surface area contributed by atoms with Gasteiger partial charge in [-0.2, -0.15) is 0 Å². The molecule has 0 aliphatic heterocycles. The third kappa shape index (κ3) is 3.71. The molecule has 0 aliphatic carbocycles. The van der Waals surface area contributed by atoms with E-state index in [0.29, 0.717) is 24.9 Å². The van der Waals surface area contributed by atoms with E-state index in [4.69, 9.17) is 9.15 Å². The van der Waals surface area contributed by atoms with Crippen molar-refractivity contribution in [1.29, 1.82) is 0 Å². The minimum atomic E-state index is -0.0942. The lowest BCUT2D eigenvalue weighted by Crippen LogP contribution is -2.30. The highest BCUT2D eigenvalue weighted by atomic mass is 16.5. The summed E-state index contributed by atoms with van der Waals surface area (Å²) in [6.07, 6.45) is 0. The summed E-state index contributed by atoms with van der Waals surface area (Å²) < 4.78 is 12.6. The molecular weight excluding hydrogens is 320 g/mol. The van der Waals surface area contributed by atoms with E-state index >= 15 is 0 Å². The van der Waals surface area contributed by atoms with Gasteiger partial charge in [0.05, 0.1) is 6.61 Å². The number of amides is 1. The molecule has 1 N–H and O–H groups in total. The Kier molecular flexibility index (Phi) is 5.14. The summed E-state index contributed by atoms with van der Waals surface area (Å²) in [6, 6.07) is 9.84. The number of rotatable bonds is 7. The Morgan fingerprint density at radius 3 is 2.84 bits per heavy atom. The van der Waals surface area contributed by atoms with E-state index < -0.39 is 0 Å². The molecule has 0 saturated heterocycles. The van der Waals surface area contributed by atoms with Gasteiger partial charge in [-0.1, -0.05) is 32.0 Å². The summed E-state index contributed by atoms with van der Waals surface area (Å²) in [7, 11) is 1.60. The highest BCUT2D eigenvalue weighted by Crippen LogP contribution is 2.28. The summed E-state index contributed by atoms with van der Waals surface area (Å²) >= 11 is 0. The fourth-order valence-electron chi connectivity index (χ4n) is 2.62. The fraction of sp³-hybridized carbons (Fsp3) is 0.389. The maximum absolute atomic E-state index is 12.3. The predicted octanol–water partition coefficient (Wildman–Crippen LogP) is 2.58. The molecule has 0 spiro atoms. The predicted molar refractivity (Wildman–Crippen MR) is 94.2 cm³/mol. The molecule has 2 aromatic heterocycles. The second-order valence-electron chi connectivity index (χ2n) is 6.12. The Bertz CT molecular complexity index is 866. The van der Waals surface area contributed by atoms with Crippen LogP contribution in [0.25, 0.3) is 22.5 Å². The van der Waals surface area contributed by atoms with Gasteiger partial charge >= 0.3 is 0 Å². The minimum absolute atomic E-state index is 0.0942. The van der Waals surface area contributed by atoms with E-state index in [1.54, 1.807) is 7.11 Å². The molecule has 7 nitrogen and oxygen atoms in total. The van der Waals surface area contributed by atoms with Gasteiger partial charge in [0.25, 0.3) is 5.89 Å². The first-order chi connectivity index (χ1) is 12.1. The van der Waals surface area contributed by atoms with Crippen LogP contribution in [0.1, 0.15) is 25.7 Å². The molecular formula is C18H22N4O3. The number of para-hydroxylation sites is 1. The van der Waals surface area contributed by atoms with Crippen LogP contribution in [0.4, 0.5) is 0 Å². The van der Waals surface area contributed by atoms with Crippen molar-refractivity contribution in [2.45, 2.75) is 26.3 Å². The number of ether oxygens (including phenoxy) is 1. The SMILES string of the molecule is COCCNC(=O)Cn1c(-c2nnc(C(C)C)o2)cc2ccccc21. The van der Waals surface area contributed by atoms with E-state index in [1.165, 1.54) is 0 Å². The van der Waals surface area contributed by atoms with Crippen LogP contribution >= 0.6 is 0 Å². The van der Waals surface area contributed by atoms with Gasteiger partial charge in [-0.05, 0) is 12.1 Å². The molecule has 7 heteroatoms. The molecule has 25 heavy (non-hydrogen) atoms. The van der Waals surface area contributed by atoms with Crippen LogP contribution in [0.15, 0.2) is 34.7 Å². The topological polar surface area (TPSA) is 82.2 Å². The van der Waals surface area contributed by atoms with Crippen molar-refractivity contribution in [3.63, 3.8) is 0 Å². The molecule has 0 unspecified atom stereocenters. The molecule has 0 aliphatic rings. The first kappa shape index (κ1) is 17.2. The molecule has 0 radical (unpaired) electrons. The van der Waals surface area contributed by atoms with E-state index in [0.717, 1.165) is 16.6 Å². The third-order valence-electron chi connectivity index (χ3n) is 3.89. The van der Waals surface area contributed by atoms with Gasteiger partial charge in [0.1, 0.15) is 12.2 Å². The monoisotopic (exact) mass is 342 g/mol. The molecule has 0 saturated carbocycles. The molecule has 3 aromatic rings. The van der Waals surface area contributed by atoms with Gasteiger partial charge in [0.2, 0.25) is 11.8 Å². The number of methoxy groups -OCH3 is 1. The second kappa shape index (κ2) is 7.48. The quantitative estimate of drug-likeness (QED) is 0.667. The Hall–Kier alpha value is -2.67. The van der Waals surface area contributed by atoms with Crippen molar-refractivity contribution in [2.24, 2.45) is 0 Å². The first-order valence-corrected chi connectivity index (χ1v) is 8.28. The van der Waals surface area contributed by atoms with Crippen molar-refractivity contribution in [2.75, 3.05) is 20.3 Å². The van der Waals surface area contributed by atoms with Crippen LogP contribution in [0.3, 0.4) is 0 Å². The Morgan fingerprint density at radius 1 is 1.32 bits per heavy atom. The van der Waals surface area contributed by atoms with Crippen molar-refractivity contribution in [3.05, 3.63) is 36.2 Å². The van der Waals surface area contributed by atoms with Gasteiger partial charge in [-0.15, -0.1) is 10.2 Å². The summed E-state index contributed by atoms with van der Waals surface area (Å²) in [6.45, 7) is 5.12. The molecule has 1 amide bonds. The maximum Gasteiger partial charge on any atom is 0.264 e. The van der Waals surface area contributed by atoms with E-state index in [9.17, 15) is 4.79 Å². The largest absolute Gasteiger partial charge is 0.419 e. The number of nitrogens with one attached hydrogen (secondary N) is 1. The van der Waals surface area contributed by atoms with E-state index in [1.807, 2.05) is 48.7 Å². The average molecular weight is 342 g/mol. The van der Waals surface area contributed by atoms with Gasteiger partial charge in [0, 0.05) is 30.5 Å². The number of hydrogen-bond donors (Lipinski definition) is 1. The van der Waals surface area contributed by atoms with Crippen LogP contribution in [0.5, 0.6) is 0 Å². The van der Waals surface area contributed by atoms with Gasteiger partial charge < -0.3 is 19.0 Å². The third-order valence-corrected chi connectivity index (χ3v) is 3.89. The number of nitrogens with zero attached hydrogens (tertiary/aromatic N) is 3. The molecule has 3 rings (SSSR count).